The molecule has 0 aromatic heterocycles. The number of methoxy groups -OCH3 is 1. The van der Waals surface area contributed by atoms with Crippen LogP contribution in [0.3, 0.4) is 0 Å². The van der Waals surface area contributed by atoms with Gasteiger partial charge in [-0.2, -0.15) is 0 Å². The van der Waals surface area contributed by atoms with Crippen molar-refractivity contribution in [3.05, 3.63) is 65.2 Å². The average molecular weight is 325 g/mol. The van der Waals surface area contributed by atoms with Crippen molar-refractivity contribution in [3.8, 4) is 5.75 Å². The Labute approximate surface area is 142 Å². The molecule has 4 heteroatoms. The molecular weight excluding hydrogens is 302 g/mol. The Hall–Kier alpha value is -2.33. The zero-order chi connectivity index (χ0) is 16.9. The predicted molar refractivity (Wildman–Crippen MR) is 93.6 cm³/mol. The third-order valence-corrected chi connectivity index (χ3v) is 4.77. The minimum Gasteiger partial charge on any atom is -0.497 e. The van der Waals surface area contributed by atoms with Crippen LogP contribution >= 0.6 is 0 Å². The maximum Gasteiger partial charge on any atom is 0.335 e. The number of benzene rings is 2. The van der Waals surface area contributed by atoms with Gasteiger partial charge in [0.2, 0.25) is 0 Å². The first kappa shape index (κ1) is 16.5. The second-order valence-corrected chi connectivity index (χ2v) is 6.29. The summed E-state index contributed by atoms with van der Waals surface area (Å²) in [6, 6.07) is 15.7. The van der Waals surface area contributed by atoms with Gasteiger partial charge in [0.1, 0.15) is 5.75 Å². The van der Waals surface area contributed by atoms with E-state index in [1.54, 1.807) is 19.2 Å². The van der Waals surface area contributed by atoms with Crippen LogP contribution in [-0.2, 0) is 6.54 Å². The van der Waals surface area contributed by atoms with E-state index in [1.165, 1.54) is 5.56 Å². The van der Waals surface area contributed by atoms with E-state index < -0.39 is 5.97 Å². The Bertz CT molecular complexity index is 691. The largest absolute Gasteiger partial charge is 0.497 e. The molecule has 0 spiro atoms. The Morgan fingerprint density at radius 2 is 1.88 bits per heavy atom. The van der Waals surface area contributed by atoms with Gasteiger partial charge in [-0.25, -0.2) is 4.79 Å². The summed E-state index contributed by atoms with van der Waals surface area (Å²) >= 11 is 0. The highest BCUT2D eigenvalue weighted by atomic mass is 16.5. The van der Waals surface area contributed by atoms with Crippen molar-refractivity contribution in [2.45, 2.75) is 25.3 Å². The minimum atomic E-state index is -0.862. The molecule has 24 heavy (non-hydrogen) atoms. The number of carboxylic acid groups (broad SMARTS) is 1. The Morgan fingerprint density at radius 1 is 1.17 bits per heavy atom. The quantitative estimate of drug-likeness (QED) is 0.909. The summed E-state index contributed by atoms with van der Waals surface area (Å²) < 4.78 is 5.28. The molecule has 1 N–H and O–H groups in total. The van der Waals surface area contributed by atoms with E-state index in [0.717, 1.165) is 43.8 Å². The predicted octanol–water partition coefficient (Wildman–Crippen LogP) is 3.77. The van der Waals surface area contributed by atoms with Gasteiger partial charge in [-0.1, -0.05) is 30.3 Å². The molecule has 0 saturated carbocycles. The van der Waals surface area contributed by atoms with E-state index in [-0.39, 0.29) is 5.92 Å². The van der Waals surface area contributed by atoms with Crippen molar-refractivity contribution < 1.29 is 14.6 Å². The third kappa shape index (κ3) is 3.77. The molecule has 3 rings (SSSR count). The first-order valence-corrected chi connectivity index (χ1v) is 8.35. The van der Waals surface area contributed by atoms with Crippen LogP contribution in [0.2, 0.25) is 0 Å². The monoisotopic (exact) mass is 325 g/mol. The van der Waals surface area contributed by atoms with Gasteiger partial charge in [-0.05, 0) is 61.2 Å². The van der Waals surface area contributed by atoms with Gasteiger partial charge < -0.3 is 9.84 Å². The highest BCUT2D eigenvalue weighted by molar-refractivity contribution is 5.89. The summed E-state index contributed by atoms with van der Waals surface area (Å²) in [5.74, 6) is 0.138. The number of carboxylic acids is 1. The Balaban J connectivity index is 1.69. The smallest absolute Gasteiger partial charge is 0.335 e. The summed E-state index contributed by atoms with van der Waals surface area (Å²) in [6.07, 6.45) is 1.95. The molecule has 1 aliphatic heterocycles. The van der Waals surface area contributed by atoms with Gasteiger partial charge >= 0.3 is 5.97 Å². The molecule has 1 heterocycles. The SMILES string of the molecule is COc1ccc(C(=O)O)c(C2CCN(Cc3ccccc3)CC2)c1. The lowest BCUT2D eigenvalue weighted by Gasteiger charge is -2.32. The Kier molecular flexibility index (Phi) is 5.16. The van der Waals surface area contributed by atoms with Crippen molar-refractivity contribution in [2.75, 3.05) is 20.2 Å². The van der Waals surface area contributed by atoms with Crippen LogP contribution in [0.4, 0.5) is 0 Å². The van der Waals surface area contributed by atoms with Crippen molar-refractivity contribution in [1.29, 1.82) is 0 Å². The first-order valence-electron chi connectivity index (χ1n) is 8.35. The highest BCUT2D eigenvalue weighted by Crippen LogP contribution is 2.33. The van der Waals surface area contributed by atoms with E-state index in [0.29, 0.717) is 5.56 Å². The van der Waals surface area contributed by atoms with Gasteiger partial charge in [0.15, 0.2) is 0 Å². The van der Waals surface area contributed by atoms with Crippen molar-refractivity contribution >= 4 is 5.97 Å². The van der Waals surface area contributed by atoms with Crippen molar-refractivity contribution in [2.24, 2.45) is 0 Å². The fourth-order valence-electron chi connectivity index (χ4n) is 3.44. The van der Waals surface area contributed by atoms with Crippen LogP contribution in [-0.4, -0.2) is 36.2 Å². The number of aromatic carboxylic acids is 1. The molecule has 0 atom stereocenters. The number of piperidine rings is 1. The van der Waals surface area contributed by atoms with Crippen LogP contribution in [0.5, 0.6) is 5.75 Å². The maximum atomic E-state index is 11.5. The second kappa shape index (κ2) is 7.49. The van der Waals surface area contributed by atoms with E-state index in [1.807, 2.05) is 12.1 Å². The first-order chi connectivity index (χ1) is 11.7. The summed E-state index contributed by atoms with van der Waals surface area (Å²) in [5, 5.41) is 9.46. The molecule has 1 saturated heterocycles. The van der Waals surface area contributed by atoms with Gasteiger partial charge in [-0.3, -0.25) is 4.90 Å². The van der Waals surface area contributed by atoms with Crippen LogP contribution < -0.4 is 4.74 Å². The molecule has 2 aromatic rings. The molecule has 0 bridgehead atoms. The van der Waals surface area contributed by atoms with Gasteiger partial charge in [0.05, 0.1) is 12.7 Å². The molecular formula is C20H23NO3. The van der Waals surface area contributed by atoms with E-state index in [2.05, 4.69) is 29.2 Å². The summed E-state index contributed by atoms with van der Waals surface area (Å²) in [6.45, 7) is 2.92. The lowest BCUT2D eigenvalue weighted by Crippen LogP contribution is -2.32. The normalized spacial score (nSPS) is 16.0. The number of carbonyl (C=O) groups is 1. The minimum absolute atomic E-state index is 0.276. The zero-order valence-electron chi connectivity index (χ0n) is 13.9. The van der Waals surface area contributed by atoms with E-state index in [4.69, 9.17) is 4.74 Å². The number of likely N-dealkylation sites (tertiary alicyclic amines) is 1. The summed E-state index contributed by atoms with van der Waals surface area (Å²) in [7, 11) is 1.61. The van der Waals surface area contributed by atoms with Gasteiger partial charge in [-0.15, -0.1) is 0 Å². The third-order valence-electron chi connectivity index (χ3n) is 4.77. The number of ether oxygens (including phenoxy) is 1. The molecule has 2 aromatic carbocycles. The lowest BCUT2D eigenvalue weighted by molar-refractivity contribution is 0.0694. The Morgan fingerprint density at radius 3 is 2.50 bits per heavy atom. The molecule has 1 fully saturated rings. The van der Waals surface area contributed by atoms with Gasteiger partial charge in [0.25, 0.3) is 0 Å². The summed E-state index contributed by atoms with van der Waals surface area (Å²) in [4.78, 5) is 14.0. The number of nitrogens with zero attached hydrogens (tertiary/aromatic N) is 1. The lowest BCUT2D eigenvalue weighted by atomic mass is 9.86. The average Bonchev–Trinajstić information content (AvgIpc) is 2.62. The molecule has 0 unspecified atom stereocenters. The maximum absolute atomic E-state index is 11.5. The molecule has 0 aliphatic carbocycles. The van der Waals surface area contributed by atoms with Crippen LogP contribution in [0, 0.1) is 0 Å². The van der Waals surface area contributed by atoms with Crippen molar-refractivity contribution in [3.63, 3.8) is 0 Å². The molecule has 4 nitrogen and oxygen atoms in total. The molecule has 1 aliphatic rings. The zero-order valence-corrected chi connectivity index (χ0v) is 13.9. The van der Waals surface area contributed by atoms with E-state index >= 15 is 0 Å². The topological polar surface area (TPSA) is 49.8 Å². The fourth-order valence-corrected chi connectivity index (χ4v) is 3.44. The number of hydrogen-bond donors (Lipinski definition) is 1. The highest BCUT2D eigenvalue weighted by Gasteiger charge is 2.25. The number of rotatable bonds is 5. The molecule has 0 radical (unpaired) electrons. The van der Waals surface area contributed by atoms with Crippen LogP contribution in [0.1, 0.15) is 40.2 Å². The standard InChI is InChI=1S/C20H23NO3/c1-24-17-7-8-18(20(22)23)19(13-17)16-9-11-21(12-10-16)14-15-5-3-2-4-6-15/h2-8,13,16H,9-12,14H2,1H3,(H,22,23). The molecule has 126 valence electrons. The van der Waals surface area contributed by atoms with Crippen molar-refractivity contribution in [1.82, 2.24) is 4.90 Å². The van der Waals surface area contributed by atoms with Gasteiger partial charge in [0, 0.05) is 6.54 Å². The second-order valence-electron chi connectivity index (χ2n) is 6.29. The van der Waals surface area contributed by atoms with Crippen LogP contribution in [0.15, 0.2) is 48.5 Å². The fraction of sp³-hybridized carbons (Fsp3) is 0.350. The summed E-state index contributed by atoms with van der Waals surface area (Å²) in [5.41, 5.74) is 2.63. The molecule has 0 amide bonds. The van der Waals surface area contributed by atoms with Crippen LogP contribution in [0.25, 0.3) is 0 Å². The number of hydrogen-bond acceptors (Lipinski definition) is 3. The van der Waals surface area contributed by atoms with E-state index in [9.17, 15) is 9.90 Å².